The molecule has 1 heterocycles. The maximum atomic E-state index is 12.9. The van der Waals surface area contributed by atoms with Gasteiger partial charge in [-0.15, -0.1) is 0 Å². The summed E-state index contributed by atoms with van der Waals surface area (Å²) >= 11 is 0. The molecule has 0 unspecified atom stereocenters. The molecule has 1 aliphatic rings. The molecule has 1 aromatic heterocycles. The van der Waals surface area contributed by atoms with Gasteiger partial charge in [-0.1, -0.05) is 43.9 Å². The first kappa shape index (κ1) is 23.4. The van der Waals surface area contributed by atoms with E-state index in [1.165, 1.54) is 12.8 Å². The van der Waals surface area contributed by atoms with Gasteiger partial charge in [-0.05, 0) is 49.9 Å². The molecule has 7 nitrogen and oxygen atoms in total. The first-order chi connectivity index (χ1) is 15.8. The number of nitrogens with zero attached hydrogens (tertiary/aromatic N) is 3. The number of guanidine groups is 1. The maximum Gasteiger partial charge on any atom is 0.223 e. The Kier molecular flexibility index (Phi) is 9.66. The molecule has 0 aliphatic heterocycles. The van der Waals surface area contributed by atoms with E-state index in [0.717, 1.165) is 50.0 Å². The highest BCUT2D eigenvalue weighted by Crippen LogP contribution is 2.26. The van der Waals surface area contributed by atoms with E-state index < -0.39 is 0 Å². The number of aliphatic imine (C=N–C) groups is 1. The predicted molar refractivity (Wildman–Crippen MR) is 126 cm³/mol. The number of hydrogen-bond acceptors (Lipinski definition) is 4. The molecule has 0 atom stereocenters. The minimum absolute atomic E-state index is 0.235. The molecule has 0 radical (unpaired) electrons. The Bertz CT molecular complexity index is 867. The summed E-state index contributed by atoms with van der Waals surface area (Å²) in [7, 11) is 0. The highest BCUT2D eigenvalue weighted by molar-refractivity contribution is 5.94. The molecule has 0 bridgehead atoms. The summed E-state index contributed by atoms with van der Waals surface area (Å²) in [6.45, 7) is 1.21. The molecule has 7 heteroatoms. The van der Waals surface area contributed by atoms with Crippen molar-refractivity contribution in [1.29, 1.82) is 5.26 Å². The normalized spacial score (nSPS) is 14.2. The van der Waals surface area contributed by atoms with Gasteiger partial charge in [0.1, 0.15) is 5.76 Å². The number of furan rings is 1. The molecule has 170 valence electrons. The van der Waals surface area contributed by atoms with E-state index in [2.05, 4.69) is 15.6 Å². The van der Waals surface area contributed by atoms with Gasteiger partial charge in [-0.25, -0.2) is 0 Å². The summed E-state index contributed by atoms with van der Waals surface area (Å²) in [5.41, 5.74) is 0.883. The van der Waals surface area contributed by atoms with Crippen LogP contribution in [0.5, 0.6) is 0 Å². The molecule has 1 amide bonds. The fourth-order valence-electron chi connectivity index (χ4n) is 4.10. The molecule has 0 saturated heterocycles. The summed E-state index contributed by atoms with van der Waals surface area (Å²) in [5.74, 6) is 1.55. The summed E-state index contributed by atoms with van der Waals surface area (Å²) in [6.07, 6.45) is 12.6. The van der Waals surface area contributed by atoms with Gasteiger partial charge in [-0.3, -0.25) is 15.1 Å². The Hall–Kier alpha value is -3.27. The van der Waals surface area contributed by atoms with Crippen molar-refractivity contribution in [2.45, 2.75) is 70.4 Å². The number of para-hydroxylation sites is 1. The number of carbonyl (C=O) groups is 1. The van der Waals surface area contributed by atoms with Crippen molar-refractivity contribution >= 4 is 17.6 Å². The molecule has 1 aromatic carbocycles. The summed E-state index contributed by atoms with van der Waals surface area (Å²) in [5, 5.41) is 14.6. The van der Waals surface area contributed by atoms with Gasteiger partial charge in [0.05, 0.1) is 12.8 Å². The smallest absolute Gasteiger partial charge is 0.223 e. The lowest BCUT2D eigenvalue weighted by molar-refractivity contribution is -0.134. The van der Waals surface area contributed by atoms with Crippen LogP contribution in [0.2, 0.25) is 0 Å². The fourth-order valence-corrected chi connectivity index (χ4v) is 4.10. The van der Waals surface area contributed by atoms with Crippen LogP contribution in [0.15, 0.2) is 58.1 Å². The molecular weight excluding hydrogens is 402 g/mol. The van der Waals surface area contributed by atoms with Crippen LogP contribution in [-0.2, 0) is 11.3 Å². The Morgan fingerprint density at radius 2 is 1.88 bits per heavy atom. The molecule has 1 saturated carbocycles. The van der Waals surface area contributed by atoms with E-state index in [4.69, 9.17) is 9.68 Å². The number of anilines is 1. The van der Waals surface area contributed by atoms with E-state index in [9.17, 15) is 4.79 Å². The molecule has 2 N–H and O–H groups in total. The second kappa shape index (κ2) is 13.2. The zero-order chi connectivity index (χ0) is 22.4. The maximum absolute atomic E-state index is 12.9. The number of rotatable bonds is 11. The van der Waals surface area contributed by atoms with Gasteiger partial charge in [0.2, 0.25) is 11.9 Å². The lowest BCUT2D eigenvalue weighted by Gasteiger charge is -2.28. The monoisotopic (exact) mass is 435 g/mol. The van der Waals surface area contributed by atoms with E-state index in [1.54, 1.807) is 6.26 Å². The Labute approximate surface area is 190 Å². The molecular formula is C25H33N5O2. The zero-order valence-electron chi connectivity index (χ0n) is 18.6. The van der Waals surface area contributed by atoms with E-state index >= 15 is 0 Å². The minimum atomic E-state index is 0.235. The molecule has 0 spiro atoms. The van der Waals surface area contributed by atoms with Crippen LogP contribution in [0, 0.1) is 11.5 Å². The van der Waals surface area contributed by atoms with E-state index in [0.29, 0.717) is 31.5 Å². The van der Waals surface area contributed by atoms with Gasteiger partial charge in [-0.2, -0.15) is 5.26 Å². The van der Waals surface area contributed by atoms with Crippen molar-refractivity contribution in [1.82, 2.24) is 10.2 Å². The Morgan fingerprint density at radius 3 is 2.59 bits per heavy atom. The van der Waals surface area contributed by atoms with Crippen molar-refractivity contribution in [2.75, 3.05) is 11.9 Å². The van der Waals surface area contributed by atoms with Gasteiger partial charge in [0.25, 0.3) is 0 Å². The average molecular weight is 436 g/mol. The van der Waals surface area contributed by atoms with Crippen LogP contribution in [0.25, 0.3) is 0 Å². The van der Waals surface area contributed by atoms with Gasteiger partial charge < -0.3 is 14.6 Å². The van der Waals surface area contributed by atoms with Crippen molar-refractivity contribution in [2.24, 2.45) is 4.99 Å². The SMILES string of the molecule is N#CNC(=NCCCCCCC(=O)N(Cc1ccco1)C1CCCC1)Nc1ccccc1. The first-order valence-electron chi connectivity index (χ1n) is 11.6. The molecule has 1 aliphatic carbocycles. The largest absolute Gasteiger partial charge is 0.467 e. The Morgan fingerprint density at radius 1 is 1.09 bits per heavy atom. The summed E-state index contributed by atoms with van der Waals surface area (Å²) < 4.78 is 5.48. The van der Waals surface area contributed by atoms with Crippen LogP contribution in [0.3, 0.4) is 0 Å². The summed E-state index contributed by atoms with van der Waals surface area (Å²) in [6, 6.07) is 13.8. The lowest BCUT2D eigenvalue weighted by atomic mass is 10.1. The van der Waals surface area contributed by atoms with E-state index in [-0.39, 0.29) is 5.91 Å². The third-order valence-electron chi connectivity index (χ3n) is 5.77. The lowest BCUT2D eigenvalue weighted by Crippen LogP contribution is -2.38. The number of nitriles is 1. The predicted octanol–water partition coefficient (Wildman–Crippen LogP) is 5.04. The number of benzene rings is 1. The molecule has 32 heavy (non-hydrogen) atoms. The first-order valence-corrected chi connectivity index (χ1v) is 11.6. The van der Waals surface area contributed by atoms with Crippen LogP contribution in [0.1, 0.15) is 63.5 Å². The van der Waals surface area contributed by atoms with Crippen LogP contribution in [0.4, 0.5) is 5.69 Å². The van der Waals surface area contributed by atoms with Crippen molar-refractivity contribution < 1.29 is 9.21 Å². The second-order valence-corrected chi connectivity index (χ2v) is 8.16. The quantitative estimate of drug-likeness (QED) is 0.170. The van der Waals surface area contributed by atoms with Crippen LogP contribution >= 0.6 is 0 Å². The van der Waals surface area contributed by atoms with Gasteiger partial charge in [0.15, 0.2) is 6.19 Å². The van der Waals surface area contributed by atoms with Crippen LogP contribution < -0.4 is 10.6 Å². The number of carbonyl (C=O) groups excluding carboxylic acids is 1. The fraction of sp³-hybridized carbons (Fsp3) is 0.480. The minimum Gasteiger partial charge on any atom is -0.467 e. The van der Waals surface area contributed by atoms with Crippen molar-refractivity contribution in [3.05, 3.63) is 54.5 Å². The number of unbranched alkanes of at least 4 members (excludes halogenated alkanes) is 3. The molecule has 3 rings (SSSR count). The zero-order valence-corrected chi connectivity index (χ0v) is 18.6. The number of hydrogen-bond donors (Lipinski definition) is 2. The van der Waals surface area contributed by atoms with Crippen molar-refractivity contribution in [3.63, 3.8) is 0 Å². The number of nitrogens with one attached hydrogen (secondary N) is 2. The Balaban J connectivity index is 1.36. The third kappa shape index (κ3) is 7.77. The van der Waals surface area contributed by atoms with Crippen LogP contribution in [-0.4, -0.2) is 29.4 Å². The van der Waals surface area contributed by atoms with Crippen molar-refractivity contribution in [3.8, 4) is 6.19 Å². The topological polar surface area (TPSA) is 93.7 Å². The van der Waals surface area contributed by atoms with Gasteiger partial charge >= 0.3 is 0 Å². The number of amides is 1. The molecule has 1 fully saturated rings. The third-order valence-corrected chi connectivity index (χ3v) is 5.77. The van der Waals surface area contributed by atoms with Gasteiger partial charge in [0, 0.05) is 24.7 Å². The highest BCUT2D eigenvalue weighted by atomic mass is 16.3. The highest BCUT2D eigenvalue weighted by Gasteiger charge is 2.26. The summed E-state index contributed by atoms with van der Waals surface area (Å²) in [4.78, 5) is 19.4. The second-order valence-electron chi connectivity index (χ2n) is 8.16. The molecule has 2 aromatic rings. The van der Waals surface area contributed by atoms with E-state index in [1.807, 2.05) is 53.6 Å². The standard InChI is InChI=1S/C25H33N5O2/c26-20-28-25(29-21-11-4-3-5-12-21)27-17-9-2-1-6-16-24(31)30(22-13-7-8-14-22)19-23-15-10-18-32-23/h3-5,10-12,15,18,22H,1-2,6-9,13-14,16-17,19H2,(H2,27,28,29). The average Bonchev–Trinajstić information content (AvgIpc) is 3.52.